The second-order valence-electron chi connectivity index (χ2n) is 7.42. The molecule has 4 rings (SSSR count). The van der Waals surface area contributed by atoms with Crippen LogP contribution in [0.1, 0.15) is 31.0 Å². The average Bonchev–Trinajstić information content (AvgIpc) is 2.72. The van der Waals surface area contributed by atoms with Gasteiger partial charge in [-0.2, -0.15) is 0 Å². The van der Waals surface area contributed by atoms with Crippen molar-refractivity contribution in [2.45, 2.75) is 26.4 Å². The molecule has 3 nitrogen and oxygen atoms in total. The summed E-state index contributed by atoms with van der Waals surface area (Å²) in [6, 6.07) is 22.2. The first-order valence-corrected chi connectivity index (χ1v) is 9.67. The van der Waals surface area contributed by atoms with Crippen molar-refractivity contribution in [2.24, 2.45) is 0 Å². The topological polar surface area (TPSA) is 33.3 Å². The molecule has 4 aromatic rings. The maximum absolute atomic E-state index is 13.5. The highest BCUT2D eigenvalue weighted by molar-refractivity contribution is 5.97. The Morgan fingerprint density at radius 3 is 2.38 bits per heavy atom. The zero-order chi connectivity index (χ0) is 20.4. The van der Waals surface area contributed by atoms with Crippen LogP contribution in [0.2, 0.25) is 0 Å². The molecule has 0 aliphatic heterocycles. The molecule has 29 heavy (non-hydrogen) atoms. The minimum atomic E-state index is -0.284. The molecule has 0 saturated carbocycles. The molecule has 1 aromatic heterocycles. The molecule has 0 unspecified atom stereocenters. The van der Waals surface area contributed by atoms with Crippen molar-refractivity contribution in [1.82, 2.24) is 0 Å². The Labute approximate surface area is 169 Å². The largest absolute Gasteiger partial charge is 0.489 e. The molecule has 0 spiro atoms. The first kappa shape index (κ1) is 18.9. The molecular formula is C25H23FNO2+. The van der Waals surface area contributed by atoms with Gasteiger partial charge in [-0.1, -0.05) is 56.3 Å². The fourth-order valence-corrected chi connectivity index (χ4v) is 3.63. The molecule has 0 saturated heterocycles. The van der Waals surface area contributed by atoms with Crippen molar-refractivity contribution in [2.75, 3.05) is 0 Å². The van der Waals surface area contributed by atoms with E-state index in [-0.39, 0.29) is 11.7 Å². The van der Waals surface area contributed by atoms with Crippen LogP contribution in [0.15, 0.2) is 79.0 Å². The third-order valence-corrected chi connectivity index (χ3v) is 4.98. The molecule has 0 bridgehead atoms. The van der Waals surface area contributed by atoms with E-state index in [1.807, 2.05) is 62.4 Å². The van der Waals surface area contributed by atoms with Gasteiger partial charge in [0.1, 0.15) is 18.2 Å². The lowest BCUT2D eigenvalue weighted by Crippen LogP contribution is -2.36. The van der Waals surface area contributed by atoms with E-state index in [9.17, 15) is 9.60 Å². The second-order valence-corrected chi connectivity index (χ2v) is 7.42. The molecule has 4 heteroatoms. The molecule has 0 radical (unpaired) electrons. The number of nitrogens with zero attached hydrogens (tertiary/aromatic N) is 1. The van der Waals surface area contributed by atoms with E-state index in [0.29, 0.717) is 6.61 Å². The lowest BCUT2D eigenvalue weighted by molar-refractivity contribution is -0.909. The van der Waals surface area contributed by atoms with E-state index in [1.54, 1.807) is 18.3 Å². The molecule has 0 aliphatic carbocycles. The zero-order valence-corrected chi connectivity index (χ0v) is 16.5. The highest BCUT2D eigenvalue weighted by Crippen LogP contribution is 2.35. The van der Waals surface area contributed by atoms with Gasteiger partial charge in [0.2, 0.25) is 11.9 Å². The van der Waals surface area contributed by atoms with Gasteiger partial charge in [-0.3, -0.25) is 5.21 Å². The van der Waals surface area contributed by atoms with E-state index in [2.05, 4.69) is 0 Å². The van der Waals surface area contributed by atoms with Gasteiger partial charge in [-0.05, 0) is 41.5 Å². The van der Waals surface area contributed by atoms with Gasteiger partial charge >= 0.3 is 0 Å². The van der Waals surface area contributed by atoms with Gasteiger partial charge in [-0.15, -0.1) is 0 Å². The van der Waals surface area contributed by atoms with Gasteiger partial charge in [0.15, 0.2) is 0 Å². The summed E-state index contributed by atoms with van der Waals surface area (Å²) in [5.74, 6) is 0.524. The van der Waals surface area contributed by atoms with Crippen LogP contribution < -0.4 is 9.47 Å². The quantitative estimate of drug-likeness (QED) is 0.342. The van der Waals surface area contributed by atoms with Gasteiger partial charge in [0.25, 0.3) is 0 Å². The van der Waals surface area contributed by atoms with Crippen LogP contribution in [0.4, 0.5) is 4.39 Å². The number of benzene rings is 3. The van der Waals surface area contributed by atoms with E-state index < -0.39 is 0 Å². The number of hydrogen-bond donors (Lipinski definition) is 1. The van der Waals surface area contributed by atoms with Crippen molar-refractivity contribution in [1.29, 1.82) is 0 Å². The summed E-state index contributed by atoms with van der Waals surface area (Å²) in [6.07, 6.45) is 1.70. The minimum Gasteiger partial charge on any atom is -0.489 e. The lowest BCUT2D eigenvalue weighted by Gasteiger charge is -2.13. The Hall–Kier alpha value is -3.40. The van der Waals surface area contributed by atoms with Crippen LogP contribution in [0.25, 0.3) is 21.9 Å². The monoisotopic (exact) mass is 388 g/mol. The summed E-state index contributed by atoms with van der Waals surface area (Å²) >= 11 is 0. The van der Waals surface area contributed by atoms with Crippen LogP contribution in [0, 0.1) is 5.82 Å². The SMILES string of the molecule is CC(C)c1c(-c2ccc(F)cc2)c2ccc(OCc3ccccc3)cc2c[n+]1O. The molecule has 0 amide bonds. The first-order valence-electron chi connectivity index (χ1n) is 9.67. The minimum absolute atomic E-state index is 0.0819. The van der Waals surface area contributed by atoms with Crippen molar-refractivity contribution in [3.63, 3.8) is 0 Å². The van der Waals surface area contributed by atoms with Gasteiger partial charge in [0.05, 0.1) is 10.9 Å². The fourth-order valence-electron chi connectivity index (χ4n) is 3.63. The van der Waals surface area contributed by atoms with Crippen LogP contribution in [0.3, 0.4) is 0 Å². The highest BCUT2D eigenvalue weighted by atomic mass is 19.1. The van der Waals surface area contributed by atoms with Crippen LogP contribution in [-0.4, -0.2) is 5.21 Å². The molecule has 1 N–H and O–H groups in total. The van der Waals surface area contributed by atoms with Crippen molar-refractivity contribution < 1.29 is 19.1 Å². The summed E-state index contributed by atoms with van der Waals surface area (Å²) in [5.41, 5.74) is 3.63. The third kappa shape index (κ3) is 3.92. The predicted molar refractivity (Wildman–Crippen MR) is 112 cm³/mol. The lowest BCUT2D eigenvalue weighted by atomic mass is 9.92. The van der Waals surface area contributed by atoms with E-state index >= 15 is 0 Å². The second kappa shape index (κ2) is 7.92. The molecule has 0 fully saturated rings. The smallest absolute Gasteiger partial charge is 0.245 e. The maximum atomic E-state index is 13.5. The Kier molecular flexibility index (Phi) is 5.17. The summed E-state index contributed by atoms with van der Waals surface area (Å²) < 4.78 is 20.6. The Morgan fingerprint density at radius 1 is 0.966 bits per heavy atom. The van der Waals surface area contributed by atoms with Gasteiger partial charge in [-0.25, -0.2) is 4.39 Å². The molecule has 3 aromatic carbocycles. The Balaban J connectivity index is 1.79. The summed E-state index contributed by atoms with van der Waals surface area (Å²) in [7, 11) is 0. The third-order valence-electron chi connectivity index (χ3n) is 4.98. The number of fused-ring (bicyclic) bond motifs is 1. The first-order chi connectivity index (χ1) is 14.0. The molecule has 0 atom stereocenters. The number of halogens is 1. The molecule has 1 heterocycles. The van der Waals surface area contributed by atoms with Crippen LogP contribution >= 0.6 is 0 Å². The number of pyridine rings is 1. The molecule has 0 aliphatic rings. The number of ether oxygens (including phenoxy) is 1. The Bertz CT molecular complexity index is 1140. The van der Waals surface area contributed by atoms with Crippen molar-refractivity contribution >= 4 is 10.8 Å². The summed E-state index contributed by atoms with van der Waals surface area (Å²) in [5, 5.41) is 12.5. The van der Waals surface area contributed by atoms with E-state index in [1.165, 1.54) is 16.9 Å². The number of rotatable bonds is 5. The number of aromatic nitrogens is 1. The summed E-state index contributed by atoms with van der Waals surface area (Å²) in [4.78, 5) is 0. The summed E-state index contributed by atoms with van der Waals surface area (Å²) in [6.45, 7) is 4.52. The molecular weight excluding hydrogens is 365 g/mol. The van der Waals surface area contributed by atoms with Crippen molar-refractivity contribution in [3.8, 4) is 16.9 Å². The average molecular weight is 388 g/mol. The predicted octanol–water partition coefficient (Wildman–Crippen LogP) is 5.87. The van der Waals surface area contributed by atoms with E-state index in [4.69, 9.17) is 4.74 Å². The maximum Gasteiger partial charge on any atom is 0.245 e. The molecule has 146 valence electrons. The highest BCUT2D eigenvalue weighted by Gasteiger charge is 2.25. The van der Waals surface area contributed by atoms with Crippen LogP contribution in [0.5, 0.6) is 5.75 Å². The normalized spacial score (nSPS) is 11.2. The van der Waals surface area contributed by atoms with Crippen molar-refractivity contribution in [3.05, 3.63) is 96.1 Å². The zero-order valence-electron chi connectivity index (χ0n) is 16.5. The van der Waals surface area contributed by atoms with E-state index in [0.717, 1.165) is 38.9 Å². The van der Waals surface area contributed by atoms with Gasteiger partial charge < -0.3 is 4.74 Å². The van der Waals surface area contributed by atoms with Gasteiger partial charge in [0, 0.05) is 16.0 Å². The van der Waals surface area contributed by atoms with Crippen LogP contribution in [-0.2, 0) is 6.61 Å². The number of hydrogen-bond acceptors (Lipinski definition) is 2. The standard InChI is InChI=1S/C25H23FNO2/c1-17(2)25-24(19-8-10-21(26)11-9-19)23-13-12-22(14-20(23)15-27(25)28)29-16-18-6-4-3-5-7-18/h3-15,17,28H,16H2,1-2H3/q+1. The fraction of sp³-hybridized carbons (Fsp3) is 0.160. The Morgan fingerprint density at radius 2 is 1.69 bits per heavy atom.